The predicted molar refractivity (Wildman–Crippen MR) is 117 cm³/mol. The van der Waals surface area contributed by atoms with Gasteiger partial charge >= 0.3 is 0 Å². The van der Waals surface area contributed by atoms with Crippen LogP contribution in [0.4, 0.5) is 10.2 Å². The highest BCUT2D eigenvalue weighted by Crippen LogP contribution is 2.29. The van der Waals surface area contributed by atoms with Crippen molar-refractivity contribution in [1.29, 1.82) is 0 Å². The summed E-state index contributed by atoms with van der Waals surface area (Å²) in [4.78, 5) is 41.8. The number of hydrogen-bond acceptors (Lipinski definition) is 5. The minimum atomic E-state index is -0.320. The average Bonchev–Trinajstić information content (AvgIpc) is 2.78. The van der Waals surface area contributed by atoms with Gasteiger partial charge < -0.3 is 4.90 Å². The molecule has 7 nitrogen and oxygen atoms in total. The van der Waals surface area contributed by atoms with E-state index < -0.39 is 0 Å². The van der Waals surface area contributed by atoms with Gasteiger partial charge in [-0.05, 0) is 48.7 Å². The van der Waals surface area contributed by atoms with Crippen LogP contribution in [0.15, 0.2) is 48.8 Å². The first kappa shape index (κ1) is 21.5. The number of rotatable bonds is 6. The predicted octanol–water partition coefficient (Wildman–Crippen LogP) is 3.00. The lowest BCUT2D eigenvalue weighted by molar-refractivity contribution is -0.129. The number of pyridine rings is 1. The summed E-state index contributed by atoms with van der Waals surface area (Å²) in [7, 11) is 1.71. The Morgan fingerprint density at radius 2 is 1.78 bits per heavy atom. The summed E-state index contributed by atoms with van der Waals surface area (Å²) in [6.07, 6.45) is 4.54. The van der Waals surface area contributed by atoms with E-state index in [2.05, 4.69) is 15.0 Å². The standard InChI is InChI=1S/C24H24FN5O2/c1-16-20-7-8-22(31)30(14-18-3-5-19(25)6-4-18)24(20)28-21(27-16)15-29(2)23(32)13-17-9-11-26-12-10-17/h3-6,9-12H,7-8,13-15H2,1-2H3. The molecular weight excluding hydrogens is 409 g/mol. The molecule has 4 rings (SSSR count). The van der Waals surface area contributed by atoms with E-state index in [-0.39, 0.29) is 30.6 Å². The SMILES string of the molecule is Cc1nc(CN(C)C(=O)Cc2ccncc2)nc2c1CCC(=O)N2Cc1ccc(F)cc1. The van der Waals surface area contributed by atoms with Crippen molar-refractivity contribution in [2.75, 3.05) is 11.9 Å². The zero-order chi connectivity index (χ0) is 22.7. The quantitative estimate of drug-likeness (QED) is 0.597. The summed E-state index contributed by atoms with van der Waals surface area (Å²) in [5, 5.41) is 0. The molecule has 3 heterocycles. The molecule has 0 bridgehead atoms. The van der Waals surface area contributed by atoms with Gasteiger partial charge in [0.15, 0.2) is 0 Å². The van der Waals surface area contributed by atoms with Gasteiger partial charge in [0.1, 0.15) is 17.5 Å². The van der Waals surface area contributed by atoms with Crippen molar-refractivity contribution in [3.63, 3.8) is 0 Å². The van der Waals surface area contributed by atoms with Crippen LogP contribution >= 0.6 is 0 Å². The Balaban J connectivity index is 1.55. The van der Waals surface area contributed by atoms with Gasteiger partial charge in [0.2, 0.25) is 11.8 Å². The number of carbonyl (C=O) groups excluding carboxylic acids is 2. The zero-order valence-corrected chi connectivity index (χ0v) is 18.1. The van der Waals surface area contributed by atoms with Gasteiger partial charge in [-0.1, -0.05) is 12.1 Å². The number of aryl methyl sites for hydroxylation is 1. The number of fused-ring (bicyclic) bond motifs is 1. The van der Waals surface area contributed by atoms with Crippen molar-refractivity contribution < 1.29 is 14.0 Å². The molecule has 0 atom stereocenters. The van der Waals surface area contributed by atoms with Crippen molar-refractivity contribution in [2.45, 2.75) is 39.3 Å². The van der Waals surface area contributed by atoms with Gasteiger partial charge in [-0.2, -0.15) is 0 Å². The molecule has 8 heteroatoms. The second kappa shape index (κ2) is 9.21. The molecule has 0 saturated carbocycles. The number of nitrogens with zero attached hydrogens (tertiary/aromatic N) is 5. The van der Waals surface area contributed by atoms with E-state index in [1.165, 1.54) is 12.1 Å². The number of likely N-dealkylation sites (N-methyl/N-ethyl adjacent to an activating group) is 1. The Morgan fingerprint density at radius 3 is 2.50 bits per heavy atom. The average molecular weight is 433 g/mol. The van der Waals surface area contributed by atoms with Crippen LogP contribution in [0.2, 0.25) is 0 Å². The lowest BCUT2D eigenvalue weighted by Gasteiger charge is -2.30. The summed E-state index contributed by atoms with van der Waals surface area (Å²) >= 11 is 0. The summed E-state index contributed by atoms with van der Waals surface area (Å²) in [6.45, 7) is 2.43. The van der Waals surface area contributed by atoms with Crippen molar-refractivity contribution in [3.05, 3.63) is 82.8 Å². The Bertz CT molecular complexity index is 1140. The number of halogens is 1. The molecule has 0 unspecified atom stereocenters. The maximum Gasteiger partial charge on any atom is 0.228 e. The molecule has 2 amide bonds. The van der Waals surface area contributed by atoms with Gasteiger partial charge in [-0.25, -0.2) is 14.4 Å². The Kier molecular flexibility index (Phi) is 6.20. The fourth-order valence-corrected chi connectivity index (χ4v) is 3.76. The van der Waals surface area contributed by atoms with Crippen molar-refractivity contribution >= 4 is 17.6 Å². The second-order valence-electron chi connectivity index (χ2n) is 7.92. The Hall–Kier alpha value is -3.68. The van der Waals surface area contributed by atoms with Crippen LogP contribution < -0.4 is 4.90 Å². The fourth-order valence-electron chi connectivity index (χ4n) is 3.76. The minimum absolute atomic E-state index is 0.0343. The Labute approximate surface area is 185 Å². The number of hydrogen-bond donors (Lipinski definition) is 0. The van der Waals surface area contributed by atoms with Crippen LogP contribution in [-0.4, -0.2) is 38.7 Å². The molecule has 1 aliphatic heterocycles. The summed E-state index contributed by atoms with van der Waals surface area (Å²) in [6, 6.07) is 9.71. The monoisotopic (exact) mass is 433 g/mol. The van der Waals surface area contributed by atoms with Gasteiger partial charge in [-0.3, -0.25) is 19.5 Å². The summed E-state index contributed by atoms with van der Waals surface area (Å²) in [5.41, 5.74) is 3.43. The summed E-state index contributed by atoms with van der Waals surface area (Å²) in [5.74, 6) is 0.634. The zero-order valence-electron chi connectivity index (χ0n) is 18.1. The molecule has 0 radical (unpaired) electrons. The van der Waals surface area contributed by atoms with E-state index in [1.807, 2.05) is 19.1 Å². The van der Waals surface area contributed by atoms with E-state index in [0.29, 0.717) is 31.0 Å². The largest absolute Gasteiger partial charge is 0.338 e. The molecule has 1 aromatic carbocycles. The first-order chi connectivity index (χ1) is 15.4. The van der Waals surface area contributed by atoms with Crippen LogP contribution in [-0.2, 0) is 35.5 Å². The van der Waals surface area contributed by atoms with Gasteiger partial charge in [0.05, 0.1) is 19.5 Å². The lowest BCUT2D eigenvalue weighted by atomic mass is 10.0. The molecule has 32 heavy (non-hydrogen) atoms. The van der Waals surface area contributed by atoms with Gasteiger partial charge in [-0.15, -0.1) is 0 Å². The molecule has 3 aromatic rings. The maximum absolute atomic E-state index is 13.3. The molecule has 0 saturated heterocycles. The second-order valence-corrected chi connectivity index (χ2v) is 7.92. The normalized spacial score (nSPS) is 13.1. The van der Waals surface area contributed by atoms with Crippen molar-refractivity contribution in [1.82, 2.24) is 19.9 Å². The molecule has 164 valence electrons. The highest BCUT2D eigenvalue weighted by molar-refractivity contribution is 5.95. The number of carbonyl (C=O) groups is 2. The number of benzene rings is 1. The van der Waals surface area contributed by atoms with E-state index in [9.17, 15) is 14.0 Å². The fraction of sp³-hybridized carbons (Fsp3) is 0.292. The third-order valence-corrected chi connectivity index (χ3v) is 5.55. The minimum Gasteiger partial charge on any atom is -0.338 e. The van der Waals surface area contributed by atoms with E-state index in [0.717, 1.165) is 22.4 Å². The molecular formula is C24H24FN5O2. The lowest BCUT2D eigenvalue weighted by Crippen LogP contribution is -2.37. The third kappa shape index (κ3) is 4.80. The first-order valence-corrected chi connectivity index (χ1v) is 10.4. The number of anilines is 1. The van der Waals surface area contributed by atoms with Crippen LogP contribution in [0, 0.1) is 12.7 Å². The number of amides is 2. The van der Waals surface area contributed by atoms with E-state index >= 15 is 0 Å². The van der Waals surface area contributed by atoms with Crippen molar-refractivity contribution in [2.24, 2.45) is 0 Å². The first-order valence-electron chi connectivity index (χ1n) is 10.4. The highest BCUT2D eigenvalue weighted by atomic mass is 19.1. The molecule has 0 fully saturated rings. The number of aromatic nitrogens is 3. The van der Waals surface area contributed by atoms with E-state index in [1.54, 1.807) is 41.4 Å². The van der Waals surface area contributed by atoms with Crippen LogP contribution in [0.25, 0.3) is 0 Å². The van der Waals surface area contributed by atoms with E-state index in [4.69, 9.17) is 0 Å². The topological polar surface area (TPSA) is 79.3 Å². The molecule has 0 spiro atoms. The van der Waals surface area contributed by atoms with Gasteiger partial charge in [0.25, 0.3) is 0 Å². The molecule has 1 aliphatic rings. The van der Waals surface area contributed by atoms with Crippen LogP contribution in [0.5, 0.6) is 0 Å². The molecule has 0 N–H and O–H groups in total. The van der Waals surface area contributed by atoms with Gasteiger partial charge in [0, 0.05) is 37.1 Å². The maximum atomic E-state index is 13.3. The third-order valence-electron chi connectivity index (χ3n) is 5.55. The van der Waals surface area contributed by atoms with Crippen molar-refractivity contribution in [3.8, 4) is 0 Å². The molecule has 2 aromatic heterocycles. The highest BCUT2D eigenvalue weighted by Gasteiger charge is 2.28. The van der Waals surface area contributed by atoms with Crippen LogP contribution in [0.3, 0.4) is 0 Å². The smallest absolute Gasteiger partial charge is 0.228 e. The van der Waals surface area contributed by atoms with Crippen LogP contribution in [0.1, 0.15) is 34.6 Å². The molecule has 0 aliphatic carbocycles. The Morgan fingerprint density at radius 1 is 1.06 bits per heavy atom. The summed E-state index contributed by atoms with van der Waals surface area (Å²) < 4.78 is 13.3.